The summed E-state index contributed by atoms with van der Waals surface area (Å²) in [7, 11) is -1.92. The van der Waals surface area contributed by atoms with Crippen LogP contribution in [0.2, 0.25) is 0 Å². The topological polar surface area (TPSA) is 102 Å². The summed E-state index contributed by atoms with van der Waals surface area (Å²) in [5.74, 6) is -0.176. The van der Waals surface area contributed by atoms with Crippen LogP contribution < -0.4 is 5.56 Å². The fourth-order valence-electron chi connectivity index (χ4n) is 2.32. The Balaban J connectivity index is 1.65. The summed E-state index contributed by atoms with van der Waals surface area (Å²) in [5, 5.41) is 3.26. The zero-order valence-corrected chi connectivity index (χ0v) is 13.2. The highest BCUT2D eigenvalue weighted by Crippen LogP contribution is 2.22. The highest BCUT2D eigenvalue weighted by molar-refractivity contribution is 7.91. The smallest absolute Gasteiger partial charge is 0.274 e. The van der Waals surface area contributed by atoms with Crippen LogP contribution in [-0.4, -0.2) is 47.3 Å². The van der Waals surface area contributed by atoms with Crippen LogP contribution in [0.5, 0.6) is 0 Å². The average Bonchev–Trinajstić information content (AvgIpc) is 2.91. The first-order chi connectivity index (χ1) is 10.9. The second-order valence-corrected chi connectivity index (χ2v) is 7.68. The van der Waals surface area contributed by atoms with Gasteiger partial charge in [0.15, 0.2) is 9.84 Å². The zero-order chi connectivity index (χ0) is 16.6. The molecule has 122 valence electrons. The van der Waals surface area contributed by atoms with Gasteiger partial charge in [-0.1, -0.05) is 0 Å². The Labute approximate surface area is 132 Å². The van der Waals surface area contributed by atoms with E-state index in [1.54, 1.807) is 12.1 Å². The van der Waals surface area contributed by atoms with E-state index in [2.05, 4.69) is 5.10 Å². The van der Waals surface area contributed by atoms with Gasteiger partial charge in [0.05, 0.1) is 11.5 Å². The number of aryl methyl sites for hydroxylation is 1. The molecule has 0 atom stereocenters. The molecule has 23 heavy (non-hydrogen) atoms. The molecule has 0 aromatic carbocycles. The highest BCUT2D eigenvalue weighted by atomic mass is 32.2. The Morgan fingerprint density at radius 3 is 2.70 bits per heavy atom. The van der Waals surface area contributed by atoms with Gasteiger partial charge >= 0.3 is 0 Å². The van der Waals surface area contributed by atoms with Crippen LogP contribution >= 0.6 is 0 Å². The Morgan fingerprint density at radius 1 is 1.35 bits per heavy atom. The van der Waals surface area contributed by atoms with Crippen LogP contribution in [0.25, 0.3) is 0 Å². The summed E-state index contributed by atoms with van der Waals surface area (Å²) in [6, 6.07) is 5.83. The van der Waals surface area contributed by atoms with Crippen molar-refractivity contribution < 1.29 is 17.6 Å². The van der Waals surface area contributed by atoms with Gasteiger partial charge in [-0.2, -0.15) is 5.10 Å². The molecule has 0 spiro atoms. The SMILES string of the molecule is Cn1nc(C(=O)N2CC(S(=O)(=O)Cc3ccco3)C2)ccc1=O. The molecule has 1 fully saturated rings. The van der Waals surface area contributed by atoms with Crippen molar-refractivity contribution in [1.29, 1.82) is 0 Å². The minimum Gasteiger partial charge on any atom is -0.468 e. The molecular formula is C14H15N3O5S. The molecule has 9 heteroatoms. The van der Waals surface area contributed by atoms with Crippen LogP contribution in [0.15, 0.2) is 39.7 Å². The minimum absolute atomic E-state index is 0.117. The first kappa shape index (κ1) is 15.5. The number of likely N-dealkylation sites (tertiary alicyclic amines) is 1. The molecule has 2 aromatic heterocycles. The summed E-state index contributed by atoms with van der Waals surface area (Å²) < 4.78 is 30.6. The van der Waals surface area contributed by atoms with Crippen molar-refractivity contribution in [3.05, 3.63) is 52.3 Å². The largest absolute Gasteiger partial charge is 0.468 e. The van der Waals surface area contributed by atoms with Crippen LogP contribution in [0.3, 0.4) is 0 Å². The lowest BCUT2D eigenvalue weighted by Crippen LogP contribution is -2.57. The highest BCUT2D eigenvalue weighted by Gasteiger charge is 2.40. The van der Waals surface area contributed by atoms with Gasteiger partial charge < -0.3 is 9.32 Å². The number of furan rings is 1. The molecule has 0 radical (unpaired) electrons. The average molecular weight is 337 g/mol. The lowest BCUT2D eigenvalue weighted by molar-refractivity contribution is 0.0650. The summed E-state index contributed by atoms with van der Waals surface area (Å²) >= 11 is 0. The molecule has 1 aliphatic rings. The van der Waals surface area contributed by atoms with Gasteiger partial charge in [-0.3, -0.25) is 9.59 Å². The number of nitrogens with zero attached hydrogens (tertiary/aromatic N) is 3. The number of hydrogen-bond acceptors (Lipinski definition) is 6. The van der Waals surface area contributed by atoms with E-state index in [0.717, 1.165) is 4.68 Å². The maximum Gasteiger partial charge on any atom is 0.274 e. The van der Waals surface area contributed by atoms with Crippen molar-refractivity contribution >= 4 is 15.7 Å². The van der Waals surface area contributed by atoms with Crippen LogP contribution in [-0.2, 0) is 22.6 Å². The summed E-state index contributed by atoms with van der Waals surface area (Å²) in [5.41, 5.74) is -0.196. The maximum absolute atomic E-state index is 12.2. The molecule has 0 bridgehead atoms. The Kier molecular flexibility index (Phi) is 3.80. The van der Waals surface area contributed by atoms with E-state index in [0.29, 0.717) is 5.76 Å². The molecule has 0 unspecified atom stereocenters. The van der Waals surface area contributed by atoms with Crippen LogP contribution in [0.4, 0.5) is 0 Å². The van der Waals surface area contributed by atoms with Gasteiger partial charge in [-0.05, 0) is 18.2 Å². The minimum atomic E-state index is -3.37. The molecule has 8 nitrogen and oxygen atoms in total. The molecule has 0 aliphatic carbocycles. The second kappa shape index (κ2) is 5.65. The normalized spacial score (nSPS) is 15.4. The third kappa shape index (κ3) is 3.04. The molecule has 2 aromatic rings. The van der Waals surface area contributed by atoms with Gasteiger partial charge in [-0.15, -0.1) is 0 Å². The first-order valence-electron chi connectivity index (χ1n) is 6.94. The first-order valence-corrected chi connectivity index (χ1v) is 8.66. The van der Waals surface area contributed by atoms with E-state index in [9.17, 15) is 18.0 Å². The number of aromatic nitrogens is 2. The molecule has 3 heterocycles. The predicted octanol–water partition coefficient (Wildman–Crippen LogP) is -0.187. The van der Waals surface area contributed by atoms with Crippen molar-refractivity contribution in [2.45, 2.75) is 11.0 Å². The van der Waals surface area contributed by atoms with Gasteiger partial charge in [-0.25, -0.2) is 13.1 Å². The van der Waals surface area contributed by atoms with E-state index >= 15 is 0 Å². The Hall–Kier alpha value is -2.42. The van der Waals surface area contributed by atoms with Crippen molar-refractivity contribution in [3.63, 3.8) is 0 Å². The number of carbonyl (C=O) groups excluding carboxylic acids is 1. The number of carbonyl (C=O) groups is 1. The third-order valence-corrected chi connectivity index (χ3v) is 5.75. The quantitative estimate of drug-likeness (QED) is 0.766. The predicted molar refractivity (Wildman–Crippen MR) is 80.5 cm³/mol. The lowest BCUT2D eigenvalue weighted by atomic mass is 10.2. The molecule has 1 amide bonds. The maximum atomic E-state index is 12.2. The standard InChI is InChI=1S/C14H15N3O5S/c1-16-13(18)5-4-12(15-16)14(19)17-7-11(8-17)23(20,21)9-10-3-2-6-22-10/h2-6,11H,7-9H2,1H3. The molecule has 1 aliphatic heterocycles. The van der Waals surface area contributed by atoms with Crippen molar-refractivity contribution in [2.24, 2.45) is 7.05 Å². The number of amides is 1. The molecule has 0 N–H and O–H groups in total. The van der Waals surface area contributed by atoms with E-state index in [1.807, 2.05) is 0 Å². The van der Waals surface area contributed by atoms with E-state index < -0.39 is 15.1 Å². The fraction of sp³-hybridized carbons (Fsp3) is 0.357. The summed E-state index contributed by atoms with van der Waals surface area (Å²) in [4.78, 5) is 24.9. The number of rotatable bonds is 4. The molecule has 0 saturated carbocycles. The third-order valence-electron chi connectivity index (χ3n) is 3.75. The van der Waals surface area contributed by atoms with Gasteiger partial charge in [0.2, 0.25) is 0 Å². The second-order valence-electron chi connectivity index (χ2n) is 5.40. The number of hydrogen-bond donors (Lipinski definition) is 0. The van der Waals surface area contributed by atoms with Gasteiger partial charge in [0, 0.05) is 26.2 Å². The Morgan fingerprint density at radius 2 is 2.09 bits per heavy atom. The summed E-state index contributed by atoms with van der Waals surface area (Å²) in [6.07, 6.45) is 1.42. The van der Waals surface area contributed by atoms with E-state index in [1.165, 1.54) is 30.3 Å². The molecule has 1 saturated heterocycles. The lowest BCUT2D eigenvalue weighted by Gasteiger charge is -2.38. The van der Waals surface area contributed by atoms with Crippen molar-refractivity contribution in [2.75, 3.05) is 13.1 Å². The van der Waals surface area contributed by atoms with Crippen LogP contribution in [0.1, 0.15) is 16.2 Å². The monoisotopic (exact) mass is 337 g/mol. The van der Waals surface area contributed by atoms with Crippen molar-refractivity contribution in [1.82, 2.24) is 14.7 Å². The van der Waals surface area contributed by atoms with E-state index in [-0.39, 0.29) is 36.0 Å². The molecule has 3 rings (SSSR count). The van der Waals surface area contributed by atoms with Gasteiger partial charge in [0.1, 0.15) is 17.2 Å². The van der Waals surface area contributed by atoms with E-state index in [4.69, 9.17) is 4.42 Å². The number of sulfone groups is 1. The van der Waals surface area contributed by atoms with Crippen molar-refractivity contribution in [3.8, 4) is 0 Å². The zero-order valence-electron chi connectivity index (χ0n) is 12.4. The Bertz CT molecular complexity index is 879. The van der Waals surface area contributed by atoms with Crippen LogP contribution in [0, 0.1) is 0 Å². The molecular weight excluding hydrogens is 322 g/mol. The summed E-state index contributed by atoms with van der Waals surface area (Å²) in [6.45, 7) is 0.235. The van der Waals surface area contributed by atoms with Gasteiger partial charge in [0.25, 0.3) is 11.5 Å². The fourth-order valence-corrected chi connectivity index (χ4v) is 3.93.